The largest absolute Gasteiger partial charge is 0.379 e. The molecular formula is C45H81NO2S2. The van der Waals surface area contributed by atoms with E-state index in [-0.39, 0.29) is 6.10 Å². The van der Waals surface area contributed by atoms with Gasteiger partial charge in [0.15, 0.2) is 0 Å². The van der Waals surface area contributed by atoms with Crippen LogP contribution in [0.5, 0.6) is 0 Å². The van der Waals surface area contributed by atoms with Crippen LogP contribution in [0.15, 0.2) is 65.4 Å². The zero-order chi connectivity index (χ0) is 36.3. The molecule has 0 aliphatic heterocycles. The van der Waals surface area contributed by atoms with Gasteiger partial charge in [0.2, 0.25) is 0 Å². The summed E-state index contributed by atoms with van der Waals surface area (Å²) in [6, 6.07) is 0. The molecule has 0 amide bonds. The van der Waals surface area contributed by atoms with Crippen LogP contribution in [0.3, 0.4) is 0 Å². The van der Waals surface area contributed by atoms with Gasteiger partial charge in [-0.2, -0.15) is 0 Å². The lowest BCUT2D eigenvalue weighted by molar-refractivity contribution is -0.00609. The third-order valence-corrected chi connectivity index (χ3v) is 11.1. The Morgan fingerprint density at radius 1 is 0.560 bits per heavy atom. The molecule has 0 aliphatic carbocycles. The minimum Gasteiger partial charge on any atom is -0.379 e. The van der Waals surface area contributed by atoms with Gasteiger partial charge in [0.25, 0.3) is 0 Å². The third-order valence-electron chi connectivity index (χ3n) is 8.56. The van der Waals surface area contributed by atoms with E-state index in [1.165, 1.54) is 134 Å². The molecule has 0 rings (SSSR count). The Balaban J connectivity index is 3.99. The first kappa shape index (κ1) is 49.0. The zero-order valence-electron chi connectivity index (χ0n) is 33.4. The highest BCUT2D eigenvalue weighted by atomic mass is 33.1. The molecule has 0 heterocycles. The second-order valence-electron chi connectivity index (χ2n) is 13.7. The highest BCUT2D eigenvalue weighted by molar-refractivity contribution is 8.76. The molecule has 3 nitrogen and oxygen atoms in total. The van der Waals surface area contributed by atoms with Gasteiger partial charge in [-0.1, -0.05) is 161 Å². The molecule has 290 valence electrons. The Hall–Kier alpha value is -1.01. The van der Waals surface area contributed by atoms with Crippen molar-refractivity contribution in [2.75, 3.05) is 31.3 Å². The van der Waals surface area contributed by atoms with Crippen LogP contribution in [0.4, 0.5) is 0 Å². The summed E-state index contributed by atoms with van der Waals surface area (Å²) >= 11 is 0. The number of hydrogen-bond acceptors (Lipinski definition) is 5. The average Bonchev–Trinajstić information content (AvgIpc) is 3.12. The van der Waals surface area contributed by atoms with Crippen LogP contribution in [-0.2, 0) is 9.47 Å². The van der Waals surface area contributed by atoms with E-state index in [2.05, 4.69) is 74.4 Å². The summed E-state index contributed by atoms with van der Waals surface area (Å²) in [7, 11) is 3.80. The first-order chi connectivity index (χ1) is 24.7. The lowest BCUT2D eigenvalue weighted by Crippen LogP contribution is -2.23. The van der Waals surface area contributed by atoms with Crippen molar-refractivity contribution < 1.29 is 9.47 Å². The van der Waals surface area contributed by atoms with Crippen molar-refractivity contribution in [3.63, 3.8) is 0 Å². The molecule has 0 aromatic heterocycles. The van der Waals surface area contributed by atoms with E-state index < -0.39 is 0 Å². The molecule has 0 spiro atoms. The summed E-state index contributed by atoms with van der Waals surface area (Å²) in [5.74, 6) is 1.97. The van der Waals surface area contributed by atoms with Gasteiger partial charge in [0.05, 0.1) is 12.7 Å². The minimum absolute atomic E-state index is 0.174. The minimum atomic E-state index is 0.174. The van der Waals surface area contributed by atoms with Crippen LogP contribution in [0.25, 0.3) is 0 Å². The maximum Gasteiger partial charge on any atom is 0.0906 e. The molecule has 0 aromatic carbocycles. The first-order valence-corrected chi connectivity index (χ1v) is 23.4. The lowest BCUT2D eigenvalue weighted by Gasteiger charge is -2.18. The van der Waals surface area contributed by atoms with Crippen molar-refractivity contribution in [3.8, 4) is 0 Å². The van der Waals surface area contributed by atoms with Crippen molar-refractivity contribution >= 4 is 27.8 Å². The maximum absolute atomic E-state index is 6.35. The van der Waals surface area contributed by atoms with Crippen molar-refractivity contribution in [2.45, 2.75) is 188 Å². The number of nitrogens with zero attached hydrogens (tertiary/aromatic N) is 1. The fraction of sp³-hybridized carbons (Fsp3) is 0.756. The summed E-state index contributed by atoms with van der Waals surface area (Å²) < 4.78 is 12.5. The van der Waals surface area contributed by atoms with Gasteiger partial charge in [0, 0.05) is 37.1 Å². The molecule has 50 heavy (non-hydrogen) atoms. The van der Waals surface area contributed by atoms with Crippen molar-refractivity contribution in [3.05, 3.63) is 60.4 Å². The molecule has 0 radical (unpaired) electrons. The summed E-state index contributed by atoms with van der Waals surface area (Å²) in [4.78, 5) is 4.24. The monoisotopic (exact) mass is 732 g/mol. The molecule has 0 aromatic rings. The van der Waals surface area contributed by atoms with Gasteiger partial charge < -0.3 is 9.47 Å². The predicted octanol–water partition coefficient (Wildman–Crippen LogP) is 15.4. The van der Waals surface area contributed by atoms with E-state index in [0.29, 0.717) is 6.61 Å². The topological polar surface area (TPSA) is 30.8 Å². The lowest BCUT2D eigenvalue weighted by atomic mass is 10.1. The molecule has 0 bridgehead atoms. The molecule has 0 fully saturated rings. The molecule has 5 heteroatoms. The fourth-order valence-electron chi connectivity index (χ4n) is 5.39. The van der Waals surface area contributed by atoms with Gasteiger partial charge in [-0.05, 0) is 96.5 Å². The van der Waals surface area contributed by atoms with E-state index in [1.807, 2.05) is 40.9 Å². The number of ether oxygens (including phenoxy) is 2. The number of unbranched alkanes of at least 4 members (excludes halogenated alkanes) is 18. The predicted molar refractivity (Wildman–Crippen MR) is 232 cm³/mol. The first-order valence-electron chi connectivity index (χ1n) is 20.9. The van der Waals surface area contributed by atoms with Crippen LogP contribution in [0.2, 0.25) is 0 Å². The number of allylic oxidation sites excluding steroid dienone is 8. The average molecular weight is 732 g/mol. The fourth-order valence-corrected chi connectivity index (χ4v) is 7.73. The van der Waals surface area contributed by atoms with Crippen LogP contribution >= 0.6 is 21.6 Å². The Morgan fingerprint density at radius 3 is 1.52 bits per heavy atom. The maximum atomic E-state index is 6.35. The Morgan fingerprint density at radius 2 is 1.02 bits per heavy atom. The number of hydrogen-bond donors (Lipinski definition) is 0. The molecule has 0 N–H and O–H groups in total. The van der Waals surface area contributed by atoms with Crippen LogP contribution in [-0.4, -0.2) is 43.6 Å². The second kappa shape index (κ2) is 44.2. The Kier molecular flexibility index (Phi) is 43.3. The van der Waals surface area contributed by atoms with E-state index >= 15 is 0 Å². The van der Waals surface area contributed by atoms with E-state index in [9.17, 15) is 0 Å². The summed E-state index contributed by atoms with van der Waals surface area (Å²) in [6.45, 7) is 11.1. The highest BCUT2D eigenvalue weighted by Crippen LogP contribution is 2.25. The van der Waals surface area contributed by atoms with Crippen molar-refractivity contribution in [1.82, 2.24) is 0 Å². The summed E-state index contributed by atoms with van der Waals surface area (Å²) in [5.41, 5.74) is 1.30. The quantitative estimate of drug-likeness (QED) is 0.0273. The van der Waals surface area contributed by atoms with Crippen LogP contribution in [0.1, 0.15) is 182 Å². The number of rotatable bonds is 39. The molecule has 1 unspecified atom stereocenters. The van der Waals surface area contributed by atoms with Gasteiger partial charge in [-0.25, -0.2) is 0 Å². The molecule has 0 saturated heterocycles. The molecule has 0 aliphatic rings. The number of aliphatic imine (C=N–C) groups is 1. The van der Waals surface area contributed by atoms with Gasteiger partial charge in [0.1, 0.15) is 0 Å². The van der Waals surface area contributed by atoms with Crippen molar-refractivity contribution in [2.24, 2.45) is 4.99 Å². The van der Waals surface area contributed by atoms with E-state index in [4.69, 9.17) is 9.47 Å². The SMILES string of the molecule is CC=N/C=C(\C)CSSCC(COCCCCCCCC/C=C\C/C=C\CCCCC)OCCCCCCCC/C=C\C/C=C\CCCCC. The Bertz CT molecular complexity index is 848. The smallest absolute Gasteiger partial charge is 0.0906 e. The van der Waals surface area contributed by atoms with Gasteiger partial charge in [-0.15, -0.1) is 0 Å². The Labute approximate surface area is 320 Å². The summed E-state index contributed by atoms with van der Waals surface area (Å²) in [6.07, 6.45) is 53.3. The zero-order valence-corrected chi connectivity index (χ0v) is 35.1. The summed E-state index contributed by atoms with van der Waals surface area (Å²) in [5, 5.41) is 0. The van der Waals surface area contributed by atoms with Crippen molar-refractivity contribution in [1.29, 1.82) is 0 Å². The van der Waals surface area contributed by atoms with Gasteiger partial charge >= 0.3 is 0 Å². The van der Waals surface area contributed by atoms with E-state index in [0.717, 1.165) is 50.4 Å². The van der Waals surface area contributed by atoms with Crippen LogP contribution in [0, 0.1) is 0 Å². The standard InChI is InChI=1S/C45H81NO2S2/c1-5-8-10-12-14-16-18-20-22-24-26-28-30-32-34-36-38-47-41-45(43-50-49-42-44(4)40-46-7-3)48-39-37-35-33-31-29-27-25-23-21-19-17-15-13-11-9-6-2/h7,14-17,20-23,40,45H,5-6,8-13,18-19,24-39,41-43H2,1-4H3/b16-14-,17-15-,22-20-,23-21-,44-40+,46-7?. The van der Waals surface area contributed by atoms with Gasteiger partial charge in [-0.3, -0.25) is 4.99 Å². The molecule has 1 atom stereocenters. The van der Waals surface area contributed by atoms with E-state index in [1.54, 1.807) is 0 Å². The van der Waals surface area contributed by atoms with Crippen LogP contribution < -0.4 is 0 Å². The highest BCUT2D eigenvalue weighted by Gasteiger charge is 2.10. The third kappa shape index (κ3) is 41.4. The molecule has 0 saturated carbocycles. The molecular weight excluding hydrogens is 651 g/mol. The normalized spacial score (nSPS) is 13.5. The second-order valence-corrected chi connectivity index (χ2v) is 16.2.